The molecule has 5 heteroatoms. The highest BCUT2D eigenvalue weighted by atomic mass is 16.3. The Hall–Kier alpha value is -1.90. The number of carbonyl (C=O) groups excluding carboxylic acids is 1. The third kappa shape index (κ3) is 3.53. The maximum atomic E-state index is 12.3. The maximum Gasteiger partial charge on any atom is 0.240 e. The van der Waals surface area contributed by atoms with Gasteiger partial charge in [0.15, 0.2) is 0 Å². The molecule has 2 N–H and O–H groups in total. The van der Waals surface area contributed by atoms with E-state index < -0.39 is 6.10 Å². The Morgan fingerprint density at radius 3 is 2.79 bits per heavy atom. The lowest BCUT2D eigenvalue weighted by molar-refractivity contribution is -0.133. The Kier molecular flexibility index (Phi) is 4.50. The van der Waals surface area contributed by atoms with Gasteiger partial charge in [-0.05, 0) is 12.0 Å². The number of aliphatic hydroxyl groups excluding tert-OH is 1. The van der Waals surface area contributed by atoms with Gasteiger partial charge in [0.25, 0.3) is 0 Å². The van der Waals surface area contributed by atoms with Crippen LogP contribution in [-0.4, -0.2) is 41.1 Å². The van der Waals surface area contributed by atoms with Crippen molar-refractivity contribution in [2.24, 2.45) is 0 Å². The van der Waals surface area contributed by atoms with Gasteiger partial charge in [-0.1, -0.05) is 30.3 Å². The minimum atomic E-state index is -0.477. The molecule has 0 saturated carbocycles. The Morgan fingerprint density at radius 1 is 1.47 bits per heavy atom. The quantitative estimate of drug-likeness (QED) is 0.761. The highest BCUT2D eigenvalue weighted by Crippen LogP contribution is 2.12. The molecule has 0 radical (unpaired) electrons. The van der Waals surface area contributed by atoms with Gasteiger partial charge in [-0.3, -0.25) is 4.79 Å². The average Bonchev–Trinajstić information content (AvgIpc) is 2.85. The molecule has 0 bridgehead atoms. The number of nitrogens with one attached hydrogen (secondary N) is 1. The first-order valence-electron chi connectivity index (χ1n) is 6.32. The van der Waals surface area contributed by atoms with Gasteiger partial charge in [-0.2, -0.15) is 5.26 Å². The number of amides is 1. The zero-order valence-corrected chi connectivity index (χ0v) is 10.6. The van der Waals surface area contributed by atoms with Crippen LogP contribution >= 0.6 is 0 Å². The molecule has 2 atom stereocenters. The van der Waals surface area contributed by atoms with Crippen molar-refractivity contribution in [3.63, 3.8) is 0 Å². The van der Waals surface area contributed by atoms with Crippen molar-refractivity contribution < 1.29 is 9.90 Å². The van der Waals surface area contributed by atoms with E-state index in [1.54, 1.807) is 0 Å². The molecule has 100 valence electrons. The van der Waals surface area contributed by atoms with Crippen LogP contribution in [0.2, 0.25) is 0 Å². The minimum Gasteiger partial charge on any atom is -0.392 e. The van der Waals surface area contributed by atoms with Crippen LogP contribution in [0, 0.1) is 11.3 Å². The number of aliphatic hydroxyl groups is 1. The van der Waals surface area contributed by atoms with Crippen LogP contribution in [-0.2, 0) is 11.3 Å². The lowest BCUT2D eigenvalue weighted by Crippen LogP contribution is -2.43. The number of hydrogen-bond donors (Lipinski definition) is 2. The van der Waals surface area contributed by atoms with E-state index in [-0.39, 0.29) is 18.5 Å². The van der Waals surface area contributed by atoms with E-state index in [1.807, 2.05) is 36.4 Å². The normalized spacial score (nSPS) is 21.9. The summed E-state index contributed by atoms with van der Waals surface area (Å²) in [4.78, 5) is 13.8. The number of nitriles is 1. The van der Waals surface area contributed by atoms with Gasteiger partial charge in [-0.25, -0.2) is 0 Å². The Balaban J connectivity index is 2.03. The highest BCUT2D eigenvalue weighted by molar-refractivity contribution is 5.82. The lowest BCUT2D eigenvalue weighted by atomic mass is 10.1. The molecule has 1 amide bonds. The summed E-state index contributed by atoms with van der Waals surface area (Å²) in [5, 5.41) is 21.3. The number of β-amino-alcohol motifs (C(OH)–C–C–N with tert-alkyl or cyclic N) is 1. The van der Waals surface area contributed by atoms with E-state index in [0.29, 0.717) is 19.5 Å². The molecule has 1 heterocycles. The van der Waals surface area contributed by atoms with Crippen molar-refractivity contribution in [2.45, 2.75) is 25.1 Å². The van der Waals surface area contributed by atoms with Gasteiger partial charge in [0.05, 0.1) is 18.2 Å². The number of benzene rings is 1. The van der Waals surface area contributed by atoms with Crippen LogP contribution in [0.4, 0.5) is 0 Å². The summed E-state index contributed by atoms with van der Waals surface area (Å²) in [7, 11) is 0. The molecular weight excluding hydrogens is 242 g/mol. The number of carbonyl (C=O) groups is 1. The van der Waals surface area contributed by atoms with E-state index in [9.17, 15) is 9.90 Å². The van der Waals surface area contributed by atoms with Gasteiger partial charge in [0.2, 0.25) is 5.91 Å². The Morgan fingerprint density at radius 2 is 2.21 bits per heavy atom. The molecule has 1 fully saturated rings. The predicted octanol–water partition coefficient (Wildman–Crippen LogP) is 0.262. The van der Waals surface area contributed by atoms with Crippen LogP contribution in [0.25, 0.3) is 0 Å². The molecule has 19 heavy (non-hydrogen) atoms. The van der Waals surface area contributed by atoms with E-state index in [2.05, 4.69) is 5.32 Å². The van der Waals surface area contributed by atoms with Crippen LogP contribution in [0.15, 0.2) is 30.3 Å². The third-order valence-electron chi connectivity index (χ3n) is 3.20. The molecule has 1 saturated heterocycles. The van der Waals surface area contributed by atoms with Crippen LogP contribution < -0.4 is 5.32 Å². The van der Waals surface area contributed by atoms with E-state index >= 15 is 0 Å². The molecular formula is C14H17N3O2. The van der Waals surface area contributed by atoms with Gasteiger partial charge in [-0.15, -0.1) is 0 Å². The summed E-state index contributed by atoms with van der Waals surface area (Å²) < 4.78 is 0. The summed E-state index contributed by atoms with van der Waals surface area (Å²) in [5.74, 6) is -0.123. The van der Waals surface area contributed by atoms with Crippen molar-refractivity contribution in [3.8, 4) is 6.07 Å². The fourth-order valence-electron chi connectivity index (χ4n) is 2.23. The second-order valence-corrected chi connectivity index (χ2v) is 4.69. The molecule has 0 spiro atoms. The molecule has 5 nitrogen and oxygen atoms in total. The summed E-state index contributed by atoms with van der Waals surface area (Å²) in [6, 6.07) is 11.2. The molecule has 2 rings (SSSR count). The first kappa shape index (κ1) is 13.5. The van der Waals surface area contributed by atoms with Gasteiger partial charge in [0.1, 0.15) is 6.54 Å². The molecule has 1 aromatic carbocycles. The molecule has 1 aliphatic rings. The fourth-order valence-corrected chi connectivity index (χ4v) is 2.23. The summed E-state index contributed by atoms with van der Waals surface area (Å²) in [6.07, 6.45) is -0.0650. The highest BCUT2D eigenvalue weighted by Gasteiger charge is 2.31. The number of hydrogen-bond acceptors (Lipinski definition) is 4. The van der Waals surface area contributed by atoms with E-state index in [1.165, 1.54) is 4.90 Å². The largest absolute Gasteiger partial charge is 0.392 e. The van der Waals surface area contributed by atoms with Crippen molar-refractivity contribution in [1.82, 2.24) is 10.2 Å². The topological polar surface area (TPSA) is 76.4 Å². The Bertz CT molecular complexity index is 469. The lowest BCUT2D eigenvalue weighted by Gasteiger charge is -2.23. The summed E-state index contributed by atoms with van der Waals surface area (Å²) in [6.45, 7) is 0.908. The molecule has 0 aliphatic carbocycles. The van der Waals surface area contributed by atoms with Crippen molar-refractivity contribution >= 4 is 5.91 Å². The second-order valence-electron chi connectivity index (χ2n) is 4.69. The van der Waals surface area contributed by atoms with Gasteiger partial charge in [0, 0.05) is 13.1 Å². The van der Waals surface area contributed by atoms with E-state index in [4.69, 9.17) is 5.26 Å². The molecule has 1 aliphatic heterocycles. The SMILES string of the molecule is N#CCN(Cc1ccccc1)C(=O)C1CC(O)CN1. The fraction of sp³-hybridized carbons (Fsp3) is 0.429. The first-order valence-corrected chi connectivity index (χ1v) is 6.32. The minimum absolute atomic E-state index is 0.0575. The standard InChI is InChI=1S/C14H17N3O2/c15-6-7-17(10-11-4-2-1-3-5-11)14(19)13-8-12(18)9-16-13/h1-5,12-13,16,18H,7-10H2. The van der Waals surface area contributed by atoms with Crippen molar-refractivity contribution in [1.29, 1.82) is 5.26 Å². The Labute approximate surface area is 112 Å². The number of nitrogens with zero attached hydrogens (tertiary/aromatic N) is 2. The van der Waals surface area contributed by atoms with Gasteiger partial charge >= 0.3 is 0 Å². The zero-order chi connectivity index (χ0) is 13.7. The smallest absolute Gasteiger partial charge is 0.240 e. The van der Waals surface area contributed by atoms with E-state index in [0.717, 1.165) is 5.56 Å². The van der Waals surface area contributed by atoms with Crippen LogP contribution in [0.1, 0.15) is 12.0 Å². The molecule has 2 unspecified atom stereocenters. The molecule has 0 aromatic heterocycles. The molecule has 1 aromatic rings. The van der Waals surface area contributed by atoms with Crippen LogP contribution in [0.3, 0.4) is 0 Å². The zero-order valence-electron chi connectivity index (χ0n) is 10.6. The maximum absolute atomic E-state index is 12.3. The average molecular weight is 259 g/mol. The summed E-state index contributed by atoms with van der Waals surface area (Å²) >= 11 is 0. The number of rotatable bonds is 4. The van der Waals surface area contributed by atoms with Gasteiger partial charge < -0.3 is 15.3 Å². The third-order valence-corrected chi connectivity index (χ3v) is 3.20. The van der Waals surface area contributed by atoms with Crippen LogP contribution in [0.5, 0.6) is 0 Å². The van der Waals surface area contributed by atoms with Crippen molar-refractivity contribution in [3.05, 3.63) is 35.9 Å². The first-order chi connectivity index (χ1) is 9.20. The van der Waals surface area contributed by atoms with Crippen molar-refractivity contribution in [2.75, 3.05) is 13.1 Å². The predicted molar refractivity (Wildman–Crippen MR) is 69.9 cm³/mol. The summed E-state index contributed by atoms with van der Waals surface area (Å²) in [5.41, 5.74) is 0.990. The second kappa shape index (κ2) is 6.32. The monoisotopic (exact) mass is 259 g/mol.